The quantitative estimate of drug-likeness (QED) is 0.178. The number of rotatable bonds is 8. The molecule has 0 unspecified atom stereocenters. The standard InChI is InChI=1S/C40H28O4/c41-39(42)35-23-15-29(16-24-35)27-11-19-33(20-12-27)38(37(31-7-3-1-4-8-31)32-9-5-2-6-10-32)34-21-13-28(14-22-34)30-17-25-36(26-18-30)40(43)44/h1-26H,(H,41,42)(H,43,44). The van der Waals surface area contributed by atoms with E-state index in [-0.39, 0.29) is 11.1 Å². The lowest BCUT2D eigenvalue weighted by molar-refractivity contribution is 0.0686. The number of benzene rings is 6. The van der Waals surface area contributed by atoms with E-state index in [0.29, 0.717) is 0 Å². The van der Waals surface area contributed by atoms with Crippen LogP contribution >= 0.6 is 0 Å². The van der Waals surface area contributed by atoms with Gasteiger partial charge < -0.3 is 10.2 Å². The van der Waals surface area contributed by atoms with E-state index in [0.717, 1.165) is 55.7 Å². The molecule has 0 bridgehead atoms. The fourth-order valence-electron chi connectivity index (χ4n) is 5.39. The molecule has 0 spiro atoms. The molecule has 0 aliphatic heterocycles. The number of hydrogen-bond acceptors (Lipinski definition) is 2. The highest BCUT2D eigenvalue weighted by Gasteiger charge is 2.17. The predicted octanol–water partition coefficient (Wildman–Crippen LogP) is 9.42. The summed E-state index contributed by atoms with van der Waals surface area (Å²) in [7, 11) is 0. The zero-order valence-electron chi connectivity index (χ0n) is 23.7. The normalized spacial score (nSPS) is 10.6. The smallest absolute Gasteiger partial charge is 0.335 e. The lowest BCUT2D eigenvalue weighted by atomic mass is 9.85. The van der Waals surface area contributed by atoms with Crippen molar-refractivity contribution in [3.8, 4) is 22.3 Å². The van der Waals surface area contributed by atoms with Crippen LogP contribution in [0.4, 0.5) is 0 Å². The predicted molar refractivity (Wildman–Crippen MR) is 176 cm³/mol. The van der Waals surface area contributed by atoms with Crippen molar-refractivity contribution in [2.45, 2.75) is 0 Å². The Bertz CT molecular complexity index is 1790. The second-order valence-electron chi connectivity index (χ2n) is 10.4. The Hall–Kier alpha value is -6.00. The Balaban J connectivity index is 1.49. The SMILES string of the molecule is O=C(O)c1ccc(-c2ccc(C(=C(c3ccccc3)c3ccccc3)c3ccc(-c4ccc(C(=O)O)cc4)cc3)cc2)cc1. The Morgan fingerprint density at radius 2 is 0.523 bits per heavy atom. The number of hydrogen-bond donors (Lipinski definition) is 2. The van der Waals surface area contributed by atoms with Crippen molar-refractivity contribution < 1.29 is 19.8 Å². The van der Waals surface area contributed by atoms with Crippen molar-refractivity contribution in [2.75, 3.05) is 0 Å². The molecule has 4 heteroatoms. The van der Waals surface area contributed by atoms with Crippen LogP contribution in [0.2, 0.25) is 0 Å². The molecule has 6 rings (SSSR count). The zero-order valence-corrected chi connectivity index (χ0v) is 23.7. The monoisotopic (exact) mass is 572 g/mol. The largest absolute Gasteiger partial charge is 0.478 e. The zero-order chi connectivity index (χ0) is 30.5. The molecule has 2 N–H and O–H groups in total. The average Bonchev–Trinajstić information content (AvgIpc) is 3.08. The summed E-state index contributed by atoms with van der Waals surface area (Å²) < 4.78 is 0. The first kappa shape index (κ1) is 28.1. The first-order valence-corrected chi connectivity index (χ1v) is 14.2. The van der Waals surface area contributed by atoms with Gasteiger partial charge in [-0.3, -0.25) is 0 Å². The number of carboxylic acid groups (broad SMARTS) is 2. The summed E-state index contributed by atoms with van der Waals surface area (Å²) in [5.41, 5.74) is 10.8. The van der Waals surface area contributed by atoms with Gasteiger partial charge in [0.25, 0.3) is 0 Å². The van der Waals surface area contributed by atoms with Gasteiger partial charge in [-0.05, 0) is 79.9 Å². The van der Waals surface area contributed by atoms with Crippen LogP contribution in [0.3, 0.4) is 0 Å². The molecular formula is C40H28O4. The molecule has 6 aromatic carbocycles. The van der Waals surface area contributed by atoms with Crippen molar-refractivity contribution in [3.05, 3.63) is 191 Å². The van der Waals surface area contributed by atoms with Crippen molar-refractivity contribution in [1.29, 1.82) is 0 Å². The van der Waals surface area contributed by atoms with E-state index in [9.17, 15) is 19.8 Å². The van der Waals surface area contributed by atoms with E-state index in [1.165, 1.54) is 0 Å². The van der Waals surface area contributed by atoms with Gasteiger partial charge in [-0.1, -0.05) is 133 Å². The molecule has 0 aliphatic rings. The highest BCUT2D eigenvalue weighted by atomic mass is 16.4. The molecular weight excluding hydrogens is 544 g/mol. The van der Waals surface area contributed by atoms with Crippen molar-refractivity contribution in [2.24, 2.45) is 0 Å². The van der Waals surface area contributed by atoms with Crippen molar-refractivity contribution >= 4 is 23.1 Å². The molecule has 0 heterocycles. The van der Waals surface area contributed by atoms with E-state index in [1.54, 1.807) is 24.3 Å². The molecule has 0 aromatic heterocycles. The maximum atomic E-state index is 11.3. The average molecular weight is 573 g/mol. The Labute approximate surface area is 255 Å². The second kappa shape index (κ2) is 12.5. The summed E-state index contributed by atoms with van der Waals surface area (Å²) >= 11 is 0. The lowest BCUT2D eigenvalue weighted by Gasteiger charge is -2.19. The van der Waals surface area contributed by atoms with Crippen LogP contribution in [0.15, 0.2) is 158 Å². The van der Waals surface area contributed by atoms with E-state index in [4.69, 9.17) is 0 Å². The summed E-state index contributed by atoms with van der Waals surface area (Å²) in [5.74, 6) is -1.89. The van der Waals surface area contributed by atoms with Crippen LogP contribution in [0, 0.1) is 0 Å². The van der Waals surface area contributed by atoms with Gasteiger partial charge in [-0.2, -0.15) is 0 Å². The minimum Gasteiger partial charge on any atom is -0.478 e. The van der Waals surface area contributed by atoms with E-state index < -0.39 is 11.9 Å². The van der Waals surface area contributed by atoms with Gasteiger partial charge in [0.15, 0.2) is 0 Å². The third-order valence-corrected chi connectivity index (χ3v) is 7.65. The topological polar surface area (TPSA) is 74.6 Å². The summed E-state index contributed by atoms with van der Waals surface area (Å²) in [6.07, 6.45) is 0. The maximum absolute atomic E-state index is 11.3. The fourth-order valence-corrected chi connectivity index (χ4v) is 5.39. The molecule has 4 nitrogen and oxygen atoms in total. The van der Waals surface area contributed by atoms with E-state index >= 15 is 0 Å². The Kier molecular flexibility index (Phi) is 7.98. The van der Waals surface area contributed by atoms with Gasteiger partial charge in [-0.15, -0.1) is 0 Å². The molecule has 0 amide bonds. The summed E-state index contributed by atoms with van der Waals surface area (Å²) in [6, 6.07) is 51.2. The van der Waals surface area contributed by atoms with Gasteiger partial charge in [0.1, 0.15) is 0 Å². The molecule has 0 radical (unpaired) electrons. The molecule has 44 heavy (non-hydrogen) atoms. The first-order valence-electron chi connectivity index (χ1n) is 14.2. The molecule has 0 atom stereocenters. The van der Waals surface area contributed by atoms with Gasteiger partial charge in [0.05, 0.1) is 11.1 Å². The van der Waals surface area contributed by atoms with Gasteiger partial charge >= 0.3 is 11.9 Å². The van der Waals surface area contributed by atoms with Crippen molar-refractivity contribution in [3.63, 3.8) is 0 Å². The molecule has 0 saturated heterocycles. The minimum atomic E-state index is -0.945. The molecule has 0 saturated carbocycles. The number of aromatic carboxylic acids is 2. The van der Waals surface area contributed by atoms with Crippen LogP contribution in [-0.4, -0.2) is 22.2 Å². The van der Waals surface area contributed by atoms with Crippen LogP contribution in [0.25, 0.3) is 33.4 Å². The highest BCUT2D eigenvalue weighted by molar-refractivity contribution is 6.05. The molecule has 6 aromatic rings. The molecule has 212 valence electrons. The first-order chi connectivity index (χ1) is 21.5. The Morgan fingerprint density at radius 1 is 0.295 bits per heavy atom. The fraction of sp³-hybridized carbons (Fsp3) is 0. The van der Waals surface area contributed by atoms with E-state index in [1.807, 2.05) is 60.7 Å². The molecule has 0 fully saturated rings. The number of carbonyl (C=O) groups is 2. The lowest BCUT2D eigenvalue weighted by Crippen LogP contribution is -1.98. The van der Waals surface area contributed by atoms with Gasteiger partial charge in [0, 0.05) is 0 Å². The minimum absolute atomic E-state index is 0.257. The van der Waals surface area contributed by atoms with Crippen molar-refractivity contribution in [1.82, 2.24) is 0 Å². The third-order valence-electron chi connectivity index (χ3n) is 7.65. The highest BCUT2D eigenvalue weighted by Crippen LogP contribution is 2.38. The third kappa shape index (κ3) is 5.96. The van der Waals surface area contributed by atoms with Crippen LogP contribution < -0.4 is 0 Å². The second-order valence-corrected chi connectivity index (χ2v) is 10.4. The number of carboxylic acids is 2. The summed E-state index contributed by atoms with van der Waals surface area (Å²) in [5, 5.41) is 18.6. The maximum Gasteiger partial charge on any atom is 0.335 e. The molecule has 0 aliphatic carbocycles. The summed E-state index contributed by atoms with van der Waals surface area (Å²) in [4.78, 5) is 22.6. The van der Waals surface area contributed by atoms with Gasteiger partial charge in [0.2, 0.25) is 0 Å². The Morgan fingerprint density at radius 3 is 0.773 bits per heavy atom. The van der Waals surface area contributed by atoms with Crippen LogP contribution in [-0.2, 0) is 0 Å². The van der Waals surface area contributed by atoms with Crippen LogP contribution in [0.5, 0.6) is 0 Å². The van der Waals surface area contributed by atoms with E-state index in [2.05, 4.69) is 72.8 Å². The van der Waals surface area contributed by atoms with Crippen LogP contribution in [0.1, 0.15) is 43.0 Å². The summed E-state index contributed by atoms with van der Waals surface area (Å²) in [6.45, 7) is 0. The van der Waals surface area contributed by atoms with Gasteiger partial charge in [-0.25, -0.2) is 9.59 Å².